The summed E-state index contributed by atoms with van der Waals surface area (Å²) >= 11 is 5.73. The Morgan fingerprint density at radius 1 is 1.56 bits per heavy atom. The topological polar surface area (TPSA) is 42.0 Å². The summed E-state index contributed by atoms with van der Waals surface area (Å²) < 4.78 is 0. The fourth-order valence-corrected chi connectivity index (χ4v) is 1.31. The van der Waals surface area contributed by atoms with Crippen LogP contribution in [0.3, 0.4) is 0 Å². The van der Waals surface area contributed by atoms with Crippen LogP contribution in [0.1, 0.15) is 24.6 Å². The van der Waals surface area contributed by atoms with Crippen LogP contribution in [0.15, 0.2) is 12.1 Å². The smallest absolute Gasteiger partial charge is 0.216 e. The van der Waals surface area contributed by atoms with Gasteiger partial charge in [-0.05, 0) is 19.1 Å². The number of aryl methyl sites for hydroxylation is 1. The first kappa shape index (κ1) is 12.5. The van der Waals surface area contributed by atoms with Crippen molar-refractivity contribution in [3.05, 3.63) is 28.5 Å². The lowest BCUT2D eigenvalue weighted by atomic mass is 10.2. The van der Waals surface area contributed by atoms with Crippen LogP contribution in [-0.2, 0) is 4.79 Å². The van der Waals surface area contributed by atoms with E-state index in [-0.39, 0.29) is 5.91 Å². The van der Waals surface area contributed by atoms with E-state index in [0.717, 1.165) is 11.3 Å². The summed E-state index contributed by atoms with van der Waals surface area (Å²) in [5, 5.41) is 3.15. The predicted octanol–water partition coefficient (Wildman–Crippen LogP) is 1.92. The van der Waals surface area contributed by atoms with Crippen LogP contribution in [0, 0.1) is 18.8 Å². The molecule has 4 heteroatoms. The molecule has 0 spiro atoms. The third kappa shape index (κ3) is 4.33. The van der Waals surface area contributed by atoms with E-state index in [4.69, 9.17) is 11.6 Å². The van der Waals surface area contributed by atoms with Crippen LogP contribution in [-0.4, -0.2) is 17.4 Å². The van der Waals surface area contributed by atoms with Crippen molar-refractivity contribution >= 4 is 17.5 Å². The van der Waals surface area contributed by atoms with E-state index in [2.05, 4.69) is 22.1 Å². The Labute approximate surface area is 100 Å². The second-order valence-electron chi connectivity index (χ2n) is 3.30. The lowest BCUT2D eigenvalue weighted by Gasteiger charge is -1.97. The summed E-state index contributed by atoms with van der Waals surface area (Å²) in [6.07, 6.45) is 0.627. The molecular formula is C12H13ClN2O. The van der Waals surface area contributed by atoms with Gasteiger partial charge in [0.2, 0.25) is 5.91 Å². The third-order valence-corrected chi connectivity index (χ3v) is 2.11. The maximum absolute atomic E-state index is 10.6. The molecular weight excluding hydrogens is 224 g/mol. The van der Waals surface area contributed by atoms with E-state index < -0.39 is 0 Å². The minimum Gasteiger partial charge on any atom is -0.355 e. The lowest BCUT2D eigenvalue weighted by Crippen LogP contribution is -2.20. The molecule has 3 nitrogen and oxygen atoms in total. The molecule has 0 bridgehead atoms. The first-order valence-corrected chi connectivity index (χ1v) is 5.34. The molecule has 84 valence electrons. The monoisotopic (exact) mass is 236 g/mol. The van der Waals surface area contributed by atoms with E-state index in [9.17, 15) is 4.79 Å². The molecule has 16 heavy (non-hydrogen) atoms. The molecule has 0 aliphatic rings. The van der Waals surface area contributed by atoms with E-state index in [1.54, 1.807) is 6.07 Å². The van der Waals surface area contributed by atoms with E-state index >= 15 is 0 Å². The Morgan fingerprint density at radius 2 is 2.31 bits per heavy atom. The average molecular weight is 237 g/mol. The van der Waals surface area contributed by atoms with E-state index in [1.165, 1.54) is 6.92 Å². The minimum absolute atomic E-state index is 0.0360. The van der Waals surface area contributed by atoms with Crippen LogP contribution in [0.5, 0.6) is 0 Å². The molecule has 0 fully saturated rings. The molecule has 0 aliphatic carbocycles. The van der Waals surface area contributed by atoms with Gasteiger partial charge < -0.3 is 5.32 Å². The third-order valence-electron chi connectivity index (χ3n) is 1.90. The summed E-state index contributed by atoms with van der Waals surface area (Å²) in [4.78, 5) is 14.7. The Hall–Kier alpha value is -1.53. The summed E-state index contributed by atoms with van der Waals surface area (Å²) in [5.41, 5.74) is 1.69. The maximum atomic E-state index is 10.6. The molecule has 0 saturated carbocycles. The number of rotatable bonds is 2. The molecule has 1 heterocycles. The Kier molecular flexibility index (Phi) is 4.81. The van der Waals surface area contributed by atoms with Gasteiger partial charge in [0.05, 0.1) is 5.69 Å². The number of nitrogens with zero attached hydrogens (tertiary/aromatic N) is 1. The summed E-state index contributed by atoms with van der Waals surface area (Å²) in [7, 11) is 0. The fourth-order valence-electron chi connectivity index (χ4n) is 1.12. The quantitative estimate of drug-likeness (QED) is 0.484. The van der Waals surface area contributed by atoms with Gasteiger partial charge >= 0.3 is 0 Å². The highest BCUT2D eigenvalue weighted by atomic mass is 35.5. The van der Waals surface area contributed by atoms with Gasteiger partial charge in [-0.3, -0.25) is 4.79 Å². The highest BCUT2D eigenvalue weighted by Gasteiger charge is 1.96. The molecule has 1 aromatic rings. The van der Waals surface area contributed by atoms with Crippen molar-refractivity contribution < 1.29 is 4.79 Å². The van der Waals surface area contributed by atoms with Gasteiger partial charge in [0.1, 0.15) is 5.15 Å². The van der Waals surface area contributed by atoms with Crippen LogP contribution < -0.4 is 5.32 Å². The predicted molar refractivity (Wildman–Crippen MR) is 64.2 cm³/mol. The van der Waals surface area contributed by atoms with Gasteiger partial charge in [0.15, 0.2) is 0 Å². The molecule has 0 unspecified atom stereocenters. The van der Waals surface area contributed by atoms with Crippen molar-refractivity contribution in [3.63, 3.8) is 0 Å². The number of hydrogen-bond donors (Lipinski definition) is 1. The van der Waals surface area contributed by atoms with Crippen molar-refractivity contribution in [2.24, 2.45) is 0 Å². The molecule has 1 N–H and O–H groups in total. The minimum atomic E-state index is -0.0360. The first-order chi connectivity index (χ1) is 7.59. The maximum Gasteiger partial charge on any atom is 0.216 e. The summed E-state index contributed by atoms with van der Waals surface area (Å²) in [6.45, 7) is 3.92. The highest BCUT2D eigenvalue weighted by molar-refractivity contribution is 6.29. The number of pyridine rings is 1. The summed E-state index contributed by atoms with van der Waals surface area (Å²) in [5.74, 6) is 5.92. The Morgan fingerprint density at radius 3 is 2.94 bits per heavy atom. The zero-order valence-corrected chi connectivity index (χ0v) is 10.1. The number of nitrogens with one attached hydrogen (secondary N) is 1. The van der Waals surface area contributed by atoms with Crippen molar-refractivity contribution in [2.75, 3.05) is 6.54 Å². The largest absolute Gasteiger partial charge is 0.355 e. The molecule has 1 aromatic heterocycles. The molecule has 0 radical (unpaired) electrons. The molecule has 1 amide bonds. The van der Waals surface area contributed by atoms with E-state index in [0.29, 0.717) is 18.1 Å². The summed E-state index contributed by atoms with van der Waals surface area (Å²) in [6, 6.07) is 3.56. The SMILES string of the molecule is CC(=O)NCCC#Cc1ccc(Cl)nc1C. The van der Waals surface area contributed by atoms with Crippen LogP contribution in [0.25, 0.3) is 0 Å². The molecule has 0 saturated heterocycles. The van der Waals surface area contributed by atoms with Crippen molar-refractivity contribution in [1.29, 1.82) is 0 Å². The number of halogens is 1. The number of carbonyl (C=O) groups is 1. The van der Waals surface area contributed by atoms with Gasteiger partial charge in [0.25, 0.3) is 0 Å². The van der Waals surface area contributed by atoms with Gasteiger partial charge in [-0.2, -0.15) is 0 Å². The van der Waals surface area contributed by atoms with Gasteiger partial charge in [-0.15, -0.1) is 0 Å². The van der Waals surface area contributed by atoms with Crippen molar-refractivity contribution in [1.82, 2.24) is 10.3 Å². The number of hydrogen-bond acceptors (Lipinski definition) is 2. The molecule has 0 aromatic carbocycles. The fraction of sp³-hybridized carbons (Fsp3) is 0.333. The van der Waals surface area contributed by atoms with Crippen LogP contribution in [0.2, 0.25) is 5.15 Å². The Balaban J connectivity index is 2.53. The average Bonchev–Trinajstić information content (AvgIpc) is 2.20. The molecule has 0 aliphatic heterocycles. The zero-order valence-electron chi connectivity index (χ0n) is 9.30. The normalized spacial score (nSPS) is 9.19. The second kappa shape index (κ2) is 6.14. The van der Waals surface area contributed by atoms with Crippen LogP contribution >= 0.6 is 11.6 Å². The molecule has 1 rings (SSSR count). The van der Waals surface area contributed by atoms with Crippen molar-refractivity contribution in [3.8, 4) is 11.8 Å². The van der Waals surface area contributed by atoms with E-state index in [1.807, 2.05) is 13.0 Å². The number of amides is 1. The molecule has 0 atom stereocenters. The Bertz CT molecular complexity index is 446. The highest BCUT2D eigenvalue weighted by Crippen LogP contribution is 2.09. The second-order valence-corrected chi connectivity index (χ2v) is 3.69. The van der Waals surface area contributed by atoms with Crippen LogP contribution in [0.4, 0.5) is 0 Å². The number of carbonyl (C=O) groups excluding carboxylic acids is 1. The van der Waals surface area contributed by atoms with Crippen molar-refractivity contribution in [2.45, 2.75) is 20.3 Å². The number of aromatic nitrogens is 1. The lowest BCUT2D eigenvalue weighted by molar-refractivity contribution is -0.118. The zero-order chi connectivity index (χ0) is 12.0. The standard InChI is InChI=1S/C12H13ClN2O/c1-9-11(6-7-12(13)15-9)5-3-4-8-14-10(2)16/h6-7H,4,8H2,1-2H3,(H,14,16). The first-order valence-electron chi connectivity index (χ1n) is 4.96. The van der Waals surface area contributed by atoms with Gasteiger partial charge in [0, 0.05) is 25.5 Å². The van der Waals surface area contributed by atoms with Gasteiger partial charge in [-0.1, -0.05) is 23.4 Å². The van der Waals surface area contributed by atoms with Gasteiger partial charge in [-0.25, -0.2) is 4.98 Å².